The summed E-state index contributed by atoms with van der Waals surface area (Å²) < 4.78 is 15.0. The molecule has 0 spiro atoms. The first-order valence-corrected chi connectivity index (χ1v) is 8.47. The van der Waals surface area contributed by atoms with E-state index in [0.29, 0.717) is 17.2 Å². The van der Waals surface area contributed by atoms with E-state index in [1.807, 2.05) is 25.1 Å². The lowest BCUT2D eigenvalue weighted by Crippen LogP contribution is -2.14. The highest BCUT2D eigenvalue weighted by Gasteiger charge is 2.16. The van der Waals surface area contributed by atoms with E-state index in [2.05, 4.69) is 35.1 Å². The van der Waals surface area contributed by atoms with Gasteiger partial charge in [-0.15, -0.1) is 0 Å². The molecule has 1 N–H and O–H groups in total. The molecule has 0 aliphatic carbocycles. The molecule has 1 atom stereocenters. The van der Waals surface area contributed by atoms with E-state index in [4.69, 9.17) is 0 Å². The van der Waals surface area contributed by atoms with Gasteiger partial charge in [-0.25, -0.2) is 4.39 Å². The lowest BCUT2D eigenvalue weighted by atomic mass is 9.96. The molecule has 0 aliphatic heterocycles. The van der Waals surface area contributed by atoms with Crippen LogP contribution in [0.15, 0.2) is 40.9 Å². The van der Waals surface area contributed by atoms with E-state index in [-0.39, 0.29) is 11.9 Å². The average molecular weight is 378 g/mol. The smallest absolute Gasteiger partial charge is 0.150 e. The maximum Gasteiger partial charge on any atom is 0.150 e. The molecule has 1 unspecified atom stereocenters. The Bertz CT molecular complexity index is 683. The second kappa shape index (κ2) is 7.73. The summed E-state index contributed by atoms with van der Waals surface area (Å²) >= 11 is 3.35. The average Bonchev–Trinajstić information content (AvgIpc) is 2.51. The molecule has 2 nitrogen and oxygen atoms in total. The summed E-state index contributed by atoms with van der Waals surface area (Å²) in [6.45, 7) is 6.21. The molecule has 0 radical (unpaired) electrons. The van der Waals surface area contributed by atoms with Crippen molar-refractivity contribution in [3.8, 4) is 0 Å². The number of aryl methyl sites for hydroxylation is 1. The molecule has 0 saturated heterocycles. The zero-order chi connectivity index (χ0) is 17.0. The van der Waals surface area contributed by atoms with Crippen LogP contribution >= 0.6 is 15.9 Å². The quantitative estimate of drug-likeness (QED) is 0.634. The SMILES string of the molecule is Cc1cc(NC(CC(C)C)c2ccc(C=O)cc2)c(F)cc1Br. The standard InChI is InChI=1S/C19H21BrFNO/c1-12(2)8-18(15-6-4-14(11-23)5-7-15)22-19-9-13(3)16(20)10-17(19)21/h4-7,9-12,18,22H,8H2,1-3H3. The van der Waals surface area contributed by atoms with E-state index in [0.717, 1.165) is 28.3 Å². The Kier molecular flexibility index (Phi) is 5.94. The number of rotatable bonds is 6. The number of hydrogen-bond donors (Lipinski definition) is 1. The van der Waals surface area contributed by atoms with E-state index >= 15 is 0 Å². The predicted octanol–water partition coefficient (Wildman–Crippen LogP) is 5.91. The summed E-state index contributed by atoms with van der Waals surface area (Å²) in [5, 5.41) is 3.32. The lowest BCUT2D eigenvalue weighted by Gasteiger charge is -2.23. The fourth-order valence-electron chi connectivity index (χ4n) is 2.51. The minimum absolute atomic E-state index is 0.00854. The van der Waals surface area contributed by atoms with Crippen LogP contribution < -0.4 is 5.32 Å². The van der Waals surface area contributed by atoms with Crippen LogP contribution in [0.25, 0.3) is 0 Å². The Hall–Kier alpha value is -1.68. The first-order valence-electron chi connectivity index (χ1n) is 7.68. The summed E-state index contributed by atoms with van der Waals surface area (Å²) in [7, 11) is 0. The van der Waals surface area contributed by atoms with Gasteiger partial charge in [0, 0.05) is 10.0 Å². The molecular formula is C19H21BrFNO. The Labute approximate surface area is 145 Å². The highest BCUT2D eigenvalue weighted by molar-refractivity contribution is 9.10. The molecular weight excluding hydrogens is 357 g/mol. The van der Waals surface area contributed by atoms with Crippen LogP contribution in [-0.2, 0) is 0 Å². The van der Waals surface area contributed by atoms with E-state index in [1.54, 1.807) is 12.1 Å². The second-order valence-electron chi connectivity index (χ2n) is 6.19. The van der Waals surface area contributed by atoms with Gasteiger partial charge in [-0.05, 0) is 42.5 Å². The van der Waals surface area contributed by atoms with Crippen molar-refractivity contribution in [3.05, 3.63) is 63.4 Å². The van der Waals surface area contributed by atoms with E-state index in [1.165, 1.54) is 6.07 Å². The van der Waals surface area contributed by atoms with Crippen molar-refractivity contribution in [3.63, 3.8) is 0 Å². The third kappa shape index (κ3) is 4.64. The van der Waals surface area contributed by atoms with Crippen LogP contribution in [0.4, 0.5) is 10.1 Å². The molecule has 0 saturated carbocycles. The van der Waals surface area contributed by atoms with Crippen molar-refractivity contribution in [1.29, 1.82) is 0 Å². The Balaban J connectivity index is 2.31. The third-order valence-electron chi connectivity index (χ3n) is 3.76. The number of nitrogens with one attached hydrogen (secondary N) is 1. The van der Waals surface area contributed by atoms with Gasteiger partial charge in [-0.1, -0.05) is 54.0 Å². The van der Waals surface area contributed by atoms with Crippen molar-refractivity contribution in [1.82, 2.24) is 0 Å². The van der Waals surface area contributed by atoms with Gasteiger partial charge in [0.05, 0.1) is 11.7 Å². The van der Waals surface area contributed by atoms with Crippen LogP contribution in [-0.4, -0.2) is 6.29 Å². The maximum absolute atomic E-state index is 14.2. The van der Waals surface area contributed by atoms with Crippen molar-refractivity contribution in [2.75, 3.05) is 5.32 Å². The van der Waals surface area contributed by atoms with Crippen LogP contribution in [0.2, 0.25) is 0 Å². The molecule has 23 heavy (non-hydrogen) atoms. The molecule has 4 heteroatoms. The van der Waals surface area contributed by atoms with Gasteiger partial charge >= 0.3 is 0 Å². The topological polar surface area (TPSA) is 29.1 Å². The van der Waals surface area contributed by atoms with E-state index in [9.17, 15) is 9.18 Å². The van der Waals surface area contributed by atoms with Crippen molar-refractivity contribution in [2.24, 2.45) is 5.92 Å². The van der Waals surface area contributed by atoms with Gasteiger partial charge in [-0.3, -0.25) is 4.79 Å². The van der Waals surface area contributed by atoms with Gasteiger partial charge in [0.25, 0.3) is 0 Å². The summed E-state index contributed by atoms with van der Waals surface area (Å²) in [5.41, 5.74) is 3.16. The van der Waals surface area contributed by atoms with Gasteiger partial charge < -0.3 is 5.32 Å². The number of benzene rings is 2. The van der Waals surface area contributed by atoms with Gasteiger partial charge in [0.2, 0.25) is 0 Å². The molecule has 2 rings (SSSR count). The first kappa shape index (κ1) is 17.7. The number of aldehydes is 1. The molecule has 122 valence electrons. The van der Waals surface area contributed by atoms with Crippen molar-refractivity contribution in [2.45, 2.75) is 33.2 Å². The number of anilines is 1. The predicted molar refractivity (Wildman–Crippen MR) is 96.5 cm³/mol. The normalized spacial score (nSPS) is 12.3. The number of carbonyl (C=O) groups excluding carboxylic acids is 1. The second-order valence-corrected chi connectivity index (χ2v) is 7.05. The minimum Gasteiger partial charge on any atom is -0.376 e. The largest absolute Gasteiger partial charge is 0.376 e. The maximum atomic E-state index is 14.2. The summed E-state index contributed by atoms with van der Waals surface area (Å²) in [4.78, 5) is 10.8. The monoisotopic (exact) mass is 377 g/mol. The minimum atomic E-state index is -0.277. The summed E-state index contributed by atoms with van der Waals surface area (Å²) in [5.74, 6) is 0.179. The van der Waals surface area contributed by atoms with Crippen molar-refractivity contribution >= 4 is 27.9 Å². The zero-order valence-electron chi connectivity index (χ0n) is 13.6. The Morgan fingerprint density at radius 2 is 1.87 bits per heavy atom. The number of carbonyl (C=O) groups is 1. The summed E-state index contributed by atoms with van der Waals surface area (Å²) in [6, 6.07) is 10.7. The van der Waals surface area contributed by atoms with Crippen LogP contribution in [0.5, 0.6) is 0 Å². The van der Waals surface area contributed by atoms with Crippen LogP contribution in [0.1, 0.15) is 47.8 Å². The molecule has 0 aliphatic rings. The molecule has 2 aromatic rings. The Morgan fingerprint density at radius 3 is 2.43 bits per heavy atom. The van der Waals surface area contributed by atoms with Crippen LogP contribution in [0, 0.1) is 18.7 Å². The molecule has 0 fully saturated rings. The zero-order valence-corrected chi connectivity index (χ0v) is 15.2. The van der Waals surface area contributed by atoms with Gasteiger partial charge in [0.1, 0.15) is 12.1 Å². The summed E-state index contributed by atoms with van der Waals surface area (Å²) in [6.07, 6.45) is 1.70. The fourth-order valence-corrected chi connectivity index (χ4v) is 2.83. The Morgan fingerprint density at radius 1 is 1.22 bits per heavy atom. The molecule has 0 aromatic heterocycles. The fraction of sp³-hybridized carbons (Fsp3) is 0.316. The van der Waals surface area contributed by atoms with Crippen LogP contribution in [0.3, 0.4) is 0 Å². The molecule has 0 amide bonds. The highest BCUT2D eigenvalue weighted by atomic mass is 79.9. The van der Waals surface area contributed by atoms with Crippen molar-refractivity contribution < 1.29 is 9.18 Å². The lowest BCUT2D eigenvalue weighted by molar-refractivity contribution is 0.112. The van der Waals surface area contributed by atoms with Gasteiger partial charge in [-0.2, -0.15) is 0 Å². The number of halogens is 2. The number of hydrogen-bond acceptors (Lipinski definition) is 2. The highest BCUT2D eigenvalue weighted by Crippen LogP contribution is 2.30. The first-order chi connectivity index (χ1) is 10.9. The van der Waals surface area contributed by atoms with Gasteiger partial charge in [0.15, 0.2) is 0 Å². The molecule has 0 bridgehead atoms. The molecule has 0 heterocycles. The van der Waals surface area contributed by atoms with E-state index < -0.39 is 0 Å². The third-order valence-corrected chi connectivity index (χ3v) is 4.61. The molecule has 2 aromatic carbocycles.